The molecule has 0 atom stereocenters. The third kappa shape index (κ3) is 3.22. The summed E-state index contributed by atoms with van der Waals surface area (Å²) in [5, 5.41) is 4.75. The van der Waals surface area contributed by atoms with Crippen molar-refractivity contribution in [2.45, 2.75) is 32.6 Å². The summed E-state index contributed by atoms with van der Waals surface area (Å²) in [4.78, 5) is 6.18. The Morgan fingerprint density at radius 3 is 2.65 bits per heavy atom. The summed E-state index contributed by atoms with van der Waals surface area (Å²) in [5.74, 6) is 0.656. The molecular formula is C16H21ClN2S. The van der Waals surface area contributed by atoms with Gasteiger partial charge >= 0.3 is 0 Å². The normalized spacial score (nSPS) is 15.9. The number of halogens is 1. The van der Waals surface area contributed by atoms with Crippen molar-refractivity contribution in [3.05, 3.63) is 40.5 Å². The molecule has 20 heavy (non-hydrogen) atoms. The van der Waals surface area contributed by atoms with Gasteiger partial charge in [-0.1, -0.05) is 29.8 Å². The lowest BCUT2D eigenvalue weighted by atomic mass is 9.99. The number of nitrogens with zero attached hydrogens (tertiary/aromatic N) is 1. The van der Waals surface area contributed by atoms with Crippen molar-refractivity contribution >= 4 is 23.7 Å². The summed E-state index contributed by atoms with van der Waals surface area (Å²) in [7, 11) is 0. The van der Waals surface area contributed by atoms with Crippen molar-refractivity contribution in [2.75, 3.05) is 13.1 Å². The van der Waals surface area contributed by atoms with Crippen molar-refractivity contribution in [3.8, 4) is 10.4 Å². The number of hydrogen-bond acceptors (Lipinski definition) is 3. The molecule has 1 aromatic heterocycles. The molecule has 3 rings (SSSR count). The molecule has 0 amide bonds. The third-order valence-electron chi connectivity index (χ3n) is 3.78. The molecule has 1 aromatic carbocycles. The van der Waals surface area contributed by atoms with E-state index < -0.39 is 0 Å². The van der Waals surface area contributed by atoms with E-state index in [9.17, 15) is 0 Å². The molecule has 1 fully saturated rings. The van der Waals surface area contributed by atoms with Crippen LogP contribution in [0.4, 0.5) is 0 Å². The smallest absolute Gasteiger partial charge is 0.0966 e. The fourth-order valence-corrected chi connectivity index (χ4v) is 3.95. The highest BCUT2D eigenvalue weighted by atomic mass is 35.5. The van der Waals surface area contributed by atoms with E-state index in [-0.39, 0.29) is 12.4 Å². The molecule has 1 aliphatic heterocycles. The van der Waals surface area contributed by atoms with Gasteiger partial charge < -0.3 is 5.32 Å². The molecular weight excluding hydrogens is 288 g/mol. The van der Waals surface area contributed by atoms with Gasteiger partial charge in [0.1, 0.15) is 0 Å². The number of aryl methyl sites for hydroxylation is 2. The van der Waals surface area contributed by atoms with Crippen molar-refractivity contribution in [1.29, 1.82) is 0 Å². The number of nitrogens with one attached hydrogen (secondary N) is 1. The second-order valence-electron chi connectivity index (χ2n) is 5.36. The predicted molar refractivity (Wildman–Crippen MR) is 89.1 cm³/mol. The lowest BCUT2D eigenvalue weighted by molar-refractivity contribution is 0.459. The average Bonchev–Trinajstić information content (AvgIpc) is 2.82. The van der Waals surface area contributed by atoms with Crippen LogP contribution >= 0.6 is 23.7 Å². The van der Waals surface area contributed by atoms with Gasteiger partial charge in [0.2, 0.25) is 0 Å². The van der Waals surface area contributed by atoms with Crippen LogP contribution in [-0.4, -0.2) is 18.1 Å². The first-order chi connectivity index (χ1) is 9.24. The van der Waals surface area contributed by atoms with Crippen LogP contribution in [0.2, 0.25) is 0 Å². The summed E-state index contributed by atoms with van der Waals surface area (Å²) in [6, 6.07) is 8.73. The minimum atomic E-state index is 0. The third-order valence-corrected chi connectivity index (χ3v) is 5.15. The standard InChI is InChI=1S/C16H20N2S.ClH/c1-11-4-3-5-14(10-11)15-12(2)18-16(19-15)13-6-8-17-9-7-13;/h3-5,10,13,17H,6-9H2,1-2H3;1H. The van der Waals surface area contributed by atoms with Gasteiger partial charge in [-0.2, -0.15) is 0 Å². The molecule has 0 bridgehead atoms. The minimum Gasteiger partial charge on any atom is -0.317 e. The maximum absolute atomic E-state index is 4.83. The maximum atomic E-state index is 4.83. The van der Waals surface area contributed by atoms with Gasteiger partial charge in [-0.05, 0) is 45.3 Å². The Labute approximate surface area is 131 Å². The fourth-order valence-electron chi connectivity index (χ4n) is 2.71. The molecule has 0 aliphatic carbocycles. The quantitative estimate of drug-likeness (QED) is 0.894. The Hall–Kier alpha value is -0.900. The Morgan fingerprint density at radius 1 is 1.20 bits per heavy atom. The number of aromatic nitrogens is 1. The topological polar surface area (TPSA) is 24.9 Å². The van der Waals surface area contributed by atoms with Crippen LogP contribution in [0.3, 0.4) is 0 Å². The first-order valence-electron chi connectivity index (χ1n) is 6.99. The SMILES string of the molecule is Cc1cccc(-c2sc(C3CCNCC3)nc2C)c1.Cl. The second-order valence-corrected chi connectivity index (χ2v) is 6.39. The molecule has 0 unspecified atom stereocenters. The van der Waals surface area contributed by atoms with Gasteiger partial charge in [-0.25, -0.2) is 4.98 Å². The Kier molecular flexibility index (Phi) is 5.19. The van der Waals surface area contributed by atoms with Crippen molar-refractivity contribution in [3.63, 3.8) is 0 Å². The van der Waals surface area contributed by atoms with E-state index >= 15 is 0 Å². The molecule has 2 aromatic rings. The highest BCUT2D eigenvalue weighted by Crippen LogP contribution is 2.36. The summed E-state index contributed by atoms with van der Waals surface area (Å²) < 4.78 is 0. The lowest BCUT2D eigenvalue weighted by Crippen LogP contribution is -2.26. The second kappa shape index (κ2) is 6.70. The monoisotopic (exact) mass is 308 g/mol. The van der Waals surface area contributed by atoms with E-state index in [1.807, 2.05) is 11.3 Å². The molecule has 2 heterocycles. The van der Waals surface area contributed by atoms with Crippen LogP contribution in [-0.2, 0) is 0 Å². The zero-order chi connectivity index (χ0) is 13.2. The van der Waals surface area contributed by atoms with Gasteiger partial charge in [0.25, 0.3) is 0 Å². The van der Waals surface area contributed by atoms with E-state index in [1.54, 1.807) is 0 Å². The van der Waals surface area contributed by atoms with Crippen LogP contribution in [0, 0.1) is 13.8 Å². The molecule has 0 radical (unpaired) electrons. The summed E-state index contributed by atoms with van der Waals surface area (Å²) >= 11 is 1.89. The van der Waals surface area contributed by atoms with E-state index in [0.717, 1.165) is 13.1 Å². The van der Waals surface area contributed by atoms with E-state index in [0.29, 0.717) is 5.92 Å². The molecule has 4 heteroatoms. The molecule has 108 valence electrons. The van der Waals surface area contributed by atoms with Gasteiger partial charge in [0, 0.05) is 5.92 Å². The predicted octanol–water partition coefficient (Wildman–Crippen LogP) is 4.32. The van der Waals surface area contributed by atoms with Gasteiger partial charge in [0.15, 0.2) is 0 Å². The number of benzene rings is 1. The molecule has 0 saturated carbocycles. The maximum Gasteiger partial charge on any atom is 0.0966 e. The molecule has 0 spiro atoms. The molecule has 1 aliphatic rings. The van der Waals surface area contributed by atoms with Crippen LogP contribution < -0.4 is 5.32 Å². The van der Waals surface area contributed by atoms with Crippen molar-refractivity contribution < 1.29 is 0 Å². The van der Waals surface area contributed by atoms with Crippen LogP contribution in [0.15, 0.2) is 24.3 Å². The average molecular weight is 309 g/mol. The van der Waals surface area contributed by atoms with Gasteiger partial charge in [-0.15, -0.1) is 23.7 Å². The molecule has 2 nitrogen and oxygen atoms in total. The van der Waals surface area contributed by atoms with Gasteiger partial charge in [0.05, 0.1) is 15.6 Å². The van der Waals surface area contributed by atoms with E-state index in [2.05, 4.69) is 43.4 Å². The highest BCUT2D eigenvalue weighted by Gasteiger charge is 2.20. The van der Waals surface area contributed by atoms with Crippen LogP contribution in [0.25, 0.3) is 10.4 Å². The molecule has 1 saturated heterocycles. The first kappa shape index (κ1) is 15.5. The number of hydrogen-bond donors (Lipinski definition) is 1. The Balaban J connectivity index is 0.00000147. The zero-order valence-electron chi connectivity index (χ0n) is 12.0. The van der Waals surface area contributed by atoms with Crippen LogP contribution in [0.1, 0.15) is 35.0 Å². The summed E-state index contributed by atoms with van der Waals surface area (Å²) in [6.45, 7) is 6.54. The first-order valence-corrected chi connectivity index (χ1v) is 7.81. The fraction of sp³-hybridized carbons (Fsp3) is 0.438. The van der Waals surface area contributed by atoms with Crippen molar-refractivity contribution in [1.82, 2.24) is 10.3 Å². The summed E-state index contributed by atoms with van der Waals surface area (Å²) in [5.41, 5.74) is 3.81. The number of piperidine rings is 1. The number of rotatable bonds is 2. The Morgan fingerprint density at radius 2 is 1.95 bits per heavy atom. The zero-order valence-corrected chi connectivity index (χ0v) is 13.6. The lowest BCUT2D eigenvalue weighted by Gasteiger charge is -2.20. The van der Waals surface area contributed by atoms with Gasteiger partial charge in [-0.3, -0.25) is 0 Å². The number of thiazole rings is 1. The van der Waals surface area contributed by atoms with Crippen molar-refractivity contribution in [2.24, 2.45) is 0 Å². The van der Waals surface area contributed by atoms with Crippen LogP contribution in [0.5, 0.6) is 0 Å². The Bertz CT molecular complexity index is 574. The summed E-state index contributed by atoms with van der Waals surface area (Å²) in [6.07, 6.45) is 2.44. The molecule has 1 N–H and O–H groups in total. The largest absolute Gasteiger partial charge is 0.317 e. The van der Waals surface area contributed by atoms with E-state index in [1.165, 1.54) is 39.5 Å². The van der Waals surface area contributed by atoms with E-state index in [4.69, 9.17) is 4.98 Å². The minimum absolute atomic E-state index is 0. The highest BCUT2D eigenvalue weighted by molar-refractivity contribution is 7.15.